The lowest BCUT2D eigenvalue weighted by Gasteiger charge is -2.18. The Morgan fingerprint density at radius 1 is 1.08 bits per heavy atom. The Labute approximate surface area is 82.9 Å². The first-order valence-electron chi connectivity index (χ1n) is 5.43. The summed E-state index contributed by atoms with van der Waals surface area (Å²) in [6.45, 7) is 6.03. The molecule has 1 aliphatic carbocycles. The molecule has 13 heavy (non-hydrogen) atoms. The SMILES string of the molecule is CC1CC1CCN(C)CCN(C)C. The molecule has 0 aromatic carbocycles. The van der Waals surface area contributed by atoms with Gasteiger partial charge in [-0.2, -0.15) is 0 Å². The third kappa shape index (κ3) is 4.63. The molecule has 2 heteroatoms. The van der Waals surface area contributed by atoms with E-state index >= 15 is 0 Å². The van der Waals surface area contributed by atoms with Crippen LogP contribution in [0.1, 0.15) is 19.8 Å². The summed E-state index contributed by atoms with van der Waals surface area (Å²) in [6, 6.07) is 0. The Hall–Kier alpha value is -0.0800. The molecule has 1 fully saturated rings. The van der Waals surface area contributed by atoms with Crippen LogP contribution in [-0.2, 0) is 0 Å². The van der Waals surface area contributed by atoms with E-state index in [4.69, 9.17) is 0 Å². The van der Waals surface area contributed by atoms with Crippen LogP contribution >= 0.6 is 0 Å². The van der Waals surface area contributed by atoms with E-state index in [2.05, 4.69) is 37.9 Å². The van der Waals surface area contributed by atoms with Gasteiger partial charge in [-0.15, -0.1) is 0 Å². The summed E-state index contributed by atoms with van der Waals surface area (Å²) in [6.07, 6.45) is 2.88. The van der Waals surface area contributed by atoms with Crippen LogP contribution in [0.15, 0.2) is 0 Å². The Morgan fingerprint density at radius 3 is 2.15 bits per heavy atom. The van der Waals surface area contributed by atoms with Gasteiger partial charge < -0.3 is 9.80 Å². The number of likely N-dealkylation sites (N-methyl/N-ethyl adjacent to an activating group) is 2. The van der Waals surface area contributed by atoms with E-state index in [-0.39, 0.29) is 0 Å². The van der Waals surface area contributed by atoms with Crippen molar-refractivity contribution in [2.24, 2.45) is 11.8 Å². The zero-order chi connectivity index (χ0) is 9.84. The first-order chi connectivity index (χ1) is 6.09. The molecule has 1 rings (SSSR count). The largest absolute Gasteiger partial charge is 0.308 e. The molecular formula is C11H24N2. The standard InChI is InChI=1S/C11H24N2/c1-10-9-11(10)5-6-13(4)8-7-12(2)3/h10-11H,5-9H2,1-4H3. The average molecular weight is 184 g/mol. The monoisotopic (exact) mass is 184 g/mol. The van der Waals surface area contributed by atoms with Crippen molar-refractivity contribution in [2.75, 3.05) is 40.8 Å². The van der Waals surface area contributed by atoms with Crippen LogP contribution in [0.2, 0.25) is 0 Å². The highest BCUT2D eigenvalue weighted by Gasteiger charge is 2.31. The summed E-state index contributed by atoms with van der Waals surface area (Å²) in [7, 11) is 6.50. The molecule has 0 N–H and O–H groups in total. The van der Waals surface area contributed by atoms with Crippen LogP contribution in [-0.4, -0.2) is 50.6 Å². The van der Waals surface area contributed by atoms with E-state index in [1.165, 1.54) is 32.5 Å². The van der Waals surface area contributed by atoms with E-state index in [0.717, 1.165) is 11.8 Å². The van der Waals surface area contributed by atoms with Gasteiger partial charge in [0.15, 0.2) is 0 Å². The van der Waals surface area contributed by atoms with Gasteiger partial charge in [-0.25, -0.2) is 0 Å². The normalized spacial score (nSPS) is 27.2. The van der Waals surface area contributed by atoms with Crippen molar-refractivity contribution in [1.82, 2.24) is 9.80 Å². The molecule has 2 atom stereocenters. The topological polar surface area (TPSA) is 6.48 Å². The summed E-state index contributed by atoms with van der Waals surface area (Å²) in [5, 5.41) is 0. The Balaban J connectivity index is 1.94. The van der Waals surface area contributed by atoms with E-state index in [1.807, 2.05) is 0 Å². The fourth-order valence-electron chi connectivity index (χ4n) is 1.67. The van der Waals surface area contributed by atoms with Crippen LogP contribution < -0.4 is 0 Å². The smallest absolute Gasteiger partial charge is 0.0106 e. The van der Waals surface area contributed by atoms with Gasteiger partial charge in [0.2, 0.25) is 0 Å². The minimum absolute atomic E-state index is 1.02. The molecule has 0 heterocycles. The van der Waals surface area contributed by atoms with Crippen molar-refractivity contribution >= 4 is 0 Å². The van der Waals surface area contributed by atoms with Crippen LogP contribution in [0.4, 0.5) is 0 Å². The predicted octanol–water partition coefficient (Wildman–Crippen LogP) is 1.53. The van der Waals surface area contributed by atoms with Crippen molar-refractivity contribution < 1.29 is 0 Å². The second kappa shape index (κ2) is 4.97. The highest BCUT2D eigenvalue weighted by atomic mass is 15.1. The van der Waals surface area contributed by atoms with Crippen molar-refractivity contribution in [3.63, 3.8) is 0 Å². The first kappa shape index (κ1) is 11.0. The average Bonchev–Trinajstić information content (AvgIpc) is 2.75. The zero-order valence-corrected chi connectivity index (χ0v) is 9.58. The summed E-state index contributed by atoms with van der Waals surface area (Å²) >= 11 is 0. The quantitative estimate of drug-likeness (QED) is 0.617. The number of hydrogen-bond donors (Lipinski definition) is 0. The molecule has 78 valence electrons. The maximum Gasteiger partial charge on any atom is 0.0106 e. The molecule has 0 bridgehead atoms. The zero-order valence-electron chi connectivity index (χ0n) is 9.58. The molecule has 1 aliphatic rings. The van der Waals surface area contributed by atoms with Gasteiger partial charge in [0.1, 0.15) is 0 Å². The van der Waals surface area contributed by atoms with Gasteiger partial charge >= 0.3 is 0 Å². The minimum atomic E-state index is 1.02. The lowest BCUT2D eigenvalue weighted by atomic mass is 10.2. The third-order valence-electron chi connectivity index (χ3n) is 3.09. The lowest BCUT2D eigenvalue weighted by Crippen LogP contribution is -2.29. The molecule has 0 saturated heterocycles. The fraction of sp³-hybridized carbons (Fsp3) is 1.00. The Bertz CT molecular complexity index is 145. The molecule has 1 saturated carbocycles. The molecule has 0 aromatic rings. The maximum absolute atomic E-state index is 2.45. The van der Waals surface area contributed by atoms with Crippen molar-refractivity contribution in [1.29, 1.82) is 0 Å². The van der Waals surface area contributed by atoms with Crippen LogP contribution in [0.25, 0.3) is 0 Å². The van der Waals surface area contributed by atoms with Gasteiger partial charge in [0.05, 0.1) is 0 Å². The van der Waals surface area contributed by atoms with Gasteiger partial charge in [-0.1, -0.05) is 6.92 Å². The van der Waals surface area contributed by atoms with Gasteiger partial charge in [-0.05, 0) is 52.4 Å². The highest BCUT2D eigenvalue weighted by molar-refractivity contribution is 4.82. The molecular weight excluding hydrogens is 160 g/mol. The van der Waals surface area contributed by atoms with Gasteiger partial charge in [-0.3, -0.25) is 0 Å². The maximum atomic E-state index is 2.45. The van der Waals surface area contributed by atoms with Crippen molar-refractivity contribution in [3.8, 4) is 0 Å². The number of nitrogens with zero attached hydrogens (tertiary/aromatic N) is 2. The molecule has 0 spiro atoms. The number of hydrogen-bond acceptors (Lipinski definition) is 2. The second-order valence-electron chi connectivity index (χ2n) is 4.87. The van der Waals surface area contributed by atoms with E-state index in [0.29, 0.717) is 0 Å². The minimum Gasteiger partial charge on any atom is -0.308 e. The van der Waals surface area contributed by atoms with E-state index in [9.17, 15) is 0 Å². The van der Waals surface area contributed by atoms with Crippen molar-refractivity contribution in [2.45, 2.75) is 19.8 Å². The molecule has 2 unspecified atom stereocenters. The van der Waals surface area contributed by atoms with Crippen LogP contribution in [0.5, 0.6) is 0 Å². The molecule has 0 aromatic heterocycles. The van der Waals surface area contributed by atoms with Gasteiger partial charge in [0, 0.05) is 13.1 Å². The summed E-state index contributed by atoms with van der Waals surface area (Å²) in [5.74, 6) is 2.06. The lowest BCUT2D eigenvalue weighted by molar-refractivity contribution is 0.274. The van der Waals surface area contributed by atoms with Crippen molar-refractivity contribution in [3.05, 3.63) is 0 Å². The second-order valence-corrected chi connectivity index (χ2v) is 4.87. The predicted molar refractivity (Wildman–Crippen MR) is 57.9 cm³/mol. The number of rotatable bonds is 6. The van der Waals surface area contributed by atoms with Gasteiger partial charge in [0.25, 0.3) is 0 Å². The van der Waals surface area contributed by atoms with E-state index in [1.54, 1.807) is 0 Å². The summed E-state index contributed by atoms with van der Waals surface area (Å²) in [4.78, 5) is 4.70. The van der Waals surface area contributed by atoms with E-state index < -0.39 is 0 Å². The van der Waals surface area contributed by atoms with Crippen LogP contribution in [0.3, 0.4) is 0 Å². The fourth-order valence-corrected chi connectivity index (χ4v) is 1.67. The Morgan fingerprint density at radius 2 is 1.69 bits per heavy atom. The molecule has 0 aliphatic heterocycles. The Kier molecular flexibility index (Phi) is 4.20. The first-order valence-corrected chi connectivity index (χ1v) is 5.43. The summed E-state index contributed by atoms with van der Waals surface area (Å²) in [5.41, 5.74) is 0. The van der Waals surface area contributed by atoms with Crippen LogP contribution in [0, 0.1) is 11.8 Å². The molecule has 0 amide bonds. The highest BCUT2D eigenvalue weighted by Crippen LogP contribution is 2.40. The molecule has 0 radical (unpaired) electrons. The third-order valence-corrected chi connectivity index (χ3v) is 3.09. The summed E-state index contributed by atoms with van der Waals surface area (Å²) < 4.78 is 0. The molecule has 2 nitrogen and oxygen atoms in total.